The molecule has 0 spiro atoms. The van der Waals surface area contributed by atoms with Gasteiger partial charge in [0.05, 0.1) is 12.7 Å². The first kappa shape index (κ1) is 14.4. The number of morpholine rings is 1. The Balaban J connectivity index is 1.33. The molecule has 4 nitrogen and oxygen atoms in total. The molecule has 4 aliphatic heterocycles. The van der Waals surface area contributed by atoms with Crippen LogP contribution in [0, 0.1) is 0 Å². The maximum Gasteiger partial charge on any atom is 0.0829 e. The van der Waals surface area contributed by atoms with E-state index in [1.807, 2.05) is 0 Å². The molecular weight excluding hydrogens is 262 g/mol. The summed E-state index contributed by atoms with van der Waals surface area (Å²) in [6.45, 7) is 10.9. The lowest BCUT2D eigenvalue weighted by Crippen LogP contribution is -2.61. The molecule has 0 aromatic heterocycles. The Hall–Kier alpha value is -0.160. The molecule has 4 aliphatic rings. The van der Waals surface area contributed by atoms with Gasteiger partial charge in [0.2, 0.25) is 0 Å². The van der Waals surface area contributed by atoms with Crippen LogP contribution in [0.15, 0.2) is 0 Å². The van der Waals surface area contributed by atoms with E-state index in [1.54, 1.807) is 0 Å². The summed E-state index contributed by atoms with van der Waals surface area (Å²) in [7, 11) is 0. The Labute approximate surface area is 129 Å². The first-order chi connectivity index (χ1) is 10.3. The third-order valence-electron chi connectivity index (χ3n) is 6.22. The van der Waals surface area contributed by atoms with Gasteiger partial charge in [-0.15, -0.1) is 0 Å². The van der Waals surface area contributed by atoms with Crippen molar-refractivity contribution >= 4 is 0 Å². The number of piperazine rings is 1. The average molecular weight is 293 g/mol. The molecule has 0 aromatic carbocycles. The fourth-order valence-corrected chi connectivity index (χ4v) is 4.92. The second-order valence-electron chi connectivity index (χ2n) is 7.69. The van der Waals surface area contributed by atoms with Gasteiger partial charge in [0, 0.05) is 44.3 Å². The van der Waals surface area contributed by atoms with Crippen LogP contribution in [0.4, 0.5) is 0 Å². The van der Waals surface area contributed by atoms with Crippen LogP contribution in [0.5, 0.6) is 0 Å². The van der Waals surface area contributed by atoms with Gasteiger partial charge in [0.25, 0.3) is 0 Å². The summed E-state index contributed by atoms with van der Waals surface area (Å²) in [5.74, 6) is 0. The van der Waals surface area contributed by atoms with E-state index < -0.39 is 0 Å². The molecule has 4 unspecified atom stereocenters. The molecule has 120 valence electrons. The Morgan fingerprint density at radius 1 is 0.905 bits per heavy atom. The first-order valence-electron chi connectivity index (χ1n) is 9.13. The second-order valence-corrected chi connectivity index (χ2v) is 7.69. The van der Waals surface area contributed by atoms with Crippen molar-refractivity contribution < 1.29 is 4.74 Å². The van der Waals surface area contributed by atoms with Crippen LogP contribution < -0.4 is 0 Å². The van der Waals surface area contributed by atoms with Crippen molar-refractivity contribution in [3.8, 4) is 0 Å². The molecule has 0 N–H and O–H groups in total. The van der Waals surface area contributed by atoms with Gasteiger partial charge in [-0.2, -0.15) is 0 Å². The molecule has 0 saturated carbocycles. The molecule has 4 heterocycles. The van der Waals surface area contributed by atoms with Crippen LogP contribution in [0.3, 0.4) is 0 Å². The zero-order chi connectivity index (χ0) is 14.2. The molecule has 21 heavy (non-hydrogen) atoms. The van der Waals surface area contributed by atoms with Crippen molar-refractivity contribution in [3.05, 3.63) is 0 Å². The summed E-state index contributed by atoms with van der Waals surface area (Å²) in [6, 6.07) is 2.24. The summed E-state index contributed by atoms with van der Waals surface area (Å²) in [4.78, 5) is 8.13. The minimum absolute atomic E-state index is 0.442. The number of nitrogens with zero attached hydrogens (tertiary/aromatic N) is 3. The SMILES string of the molecule is CC1CN2CCCCC2CN1CC1CN2CCCC2CO1. The van der Waals surface area contributed by atoms with Gasteiger partial charge < -0.3 is 4.74 Å². The monoisotopic (exact) mass is 293 g/mol. The zero-order valence-corrected chi connectivity index (χ0v) is 13.5. The Bertz CT molecular complexity index is 364. The highest BCUT2D eigenvalue weighted by molar-refractivity contribution is 4.92. The maximum absolute atomic E-state index is 6.18. The van der Waals surface area contributed by atoms with Gasteiger partial charge in [-0.25, -0.2) is 0 Å². The molecule has 4 rings (SSSR count). The van der Waals surface area contributed by atoms with E-state index in [-0.39, 0.29) is 0 Å². The summed E-state index contributed by atoms with van der Waals surface area (Å²) < 4.78 is 6.18. The summed E-state index contributed by atoms with van der Waals surface area (Å²) >= 11 is 0. The Morgan fingerprint density at radius 3 is 2.67 bits per heavy atom. The summed E-state index contributed by atoms with van der Waals surface area (Å²) in [5, 5.41) is 0. The van der Waals surface area contributed by atoms with Gasteiger partial charge >= 0.3 is 0 Å². The molecule has 0 radical (unpaired) electrons. The quantitative estimate of drug-likeness (QED) is 0.766. The van der Waals surface area contributed by atoms with E-state index in [9.17, 15) is 0 Å². The highest BCUT2D eigenvalue weighted by atomic mass is 16.5. The first-order valence-corrected chi connectivity index (χ1v) is 9.13. The largest absolute Gasteiger partial charge is 0.374 e. The topological polar surface area (TPSA) is 19.0 Å². The number of hydrogen-bond acceptors (Lipinski definition) is 4. The number of ether oxygens (including phenoxy) is 1. The van der Waals surface area contributed by atoms with Crippen LogP contribution in [-0.4, -0.2) is 84.8 Å². The fourth-order valence-electron chi connectivity index (χ4n) is 4.92. The van der Waals surface area contributed by atoms with E-state index in [0.717, 1.165) is 25.2 Å². The highest BCUT2D eigenvalue weighted by Gasteiger charge is 2.37. The lowest BCUT2D eigenvalue weighted by Gasteiger charge is -2.49. The van der Waals surface area contributed by atoms with Crippen LogP contribution in [-0.2, 0) is 4.74 Å². The van der Waals surface area contributed by atoms with E-state index in [2.05, 4.69) is 21.6 Å². The van der Waals surface area contributed by atoms with Crippen LogP contribution >= 0.6 is 0 Å². The van der Waals surface area contributed by atoms with E-state index >= 15 is 0 Å². The standard InChI is InChI=1S/C17H31N3O/c1-14-9-18-7-3-2-5-15(18)10-20(14)12-17-11-19-8-4-6-16(19)13-21-17/h14-17H,2-13H2,1H3. The van der Waals surface area contributed by atoms with Gasteiger partial charge in [0.1, 0.15) is 0 Å². The van der Waals surface area contributed by atoms with Gasteiger partial charge in [-0.05, 0) is 45.7 Å². The van der Waals surface area contributed by atoms with E-state index in [1.165, 1.54) is 64.8 Å². The minimum atomic E-state index is 0.442. The summed E-state index contributed by atoms with van der Waals surface area (Å²) in [6.07, 6.45) is 7.41. The number of hydrogen-bond donors (Lipinski definition) is 0. The minimum Gasteiger partial charge on any atom is -0.374 e. The lowest BCUT2D eigenvalue weighted by molar-refractivity contribution is -0.0785. The molecule has 4 heteroatoms. The van der Waals surface area contributed by atoms with Crippen molar-refractivity contribution in [1.82, 2.24) is 14.7 Å². The summed E-state index contributed by atoms with van der Waals surface area (Å²) in [5.41, 5.74) is 0. The number of rotatable bonds is 2. The molecule has 4 saturated heterocycles. The Morgan fingerprint density at radius 2 is 1.71 bits per heavy atom. The second kappa shape index (κ2) is 6.15. The normalized spacial score (nSPS) is 42.7. The smallest absolute Gasteiger partial charge is 0.0829 e. The fraction of sp³-hybridized carbons (Fsp3) is 1.00. The zero-order valence-electron chi connectivity index (χ0n) is 13.5. The molecule has 4 atom stereocenters. The predicted octanol–water partition coefficient (Wildman–Crippen LogP) is 1.41. The molecule has 4 fully saturated rings. The van der Waals surface area contributed by atoms with Gasteiger partial charge in [0.15, 0.2) is 0 Å². The van der Waals surface area contributed by atoms with Crippen molar-refractivity contribution in [1.29, 1.82) is 0 Å². The van der Waals surface area contributed by atoms with Gasteiger partial charge in [-0.1, -0.05) is 6.42 Å². The average Bonchev–Trinajstić information content (AvgIpc) is 2.95. The number of fused-ring (bicyclic) bond motifs is 2. The Kier molecular flexibility index (Phi) is 4.23. The molecule has 0 aliphatic carbocycles. The van der Waals surface area contributed by atoms with Crippen LogP contribution in [0.25, 0.3) is 0 Å². The van der Waals surface area contributed by atoms with Crippen molar-refractivity contribution in [2.75, 3.05) is 45.9 Å². The highest BCUT2D eigenvalue weighted by Crippen LogP contribution is 2.26. The van der Waals surface area contributed by atoms with Crippen molar-refractivity contribution in [3.63, 3.8) is 0 Å². The third-order valence-corrected chi connectivity index (χ3v) is 6.22. The van der Waals surface area contributed by atoms with Crippen LogP contribution in [0.1, 0.15) is 39.0 Å². The van der Waals surface area contributed by atoms with Crippen molar-refractivity contribution in [2.24, 2.45) is 0 Å². The number of piperidine rings is 1. The predicted molar refractivity (Wildman–Crippen MR) is 84.6 cm³/mol. The molecule has 0 aromatic rings. The maximum atomic E-state index is 6.18. The molecular formula is C17H31N3O. The lowest BCUT2D eigenvalue weighted by atomic mass is 9.97. The van der Waals surface area contributed by atoms with E-state index in [0.29, 0.717) is 12.1 Å². The molecule has 0 amide bonds. The molecule has 0 bridgehead atoms. The van der Waals surface area contributed by atoms with Gasteiger partial charge in [-0.3, -0.25) is 14.7 Å². The van der Waals surface area contributed by atoms with E-state index in [4.69, 9.17) is 4.74 Å². The van der Waals surface area contributed by atoms with Crippen molar-refractivity contribution in [2.45, 2.75) is 63.3 Å². The third kappa shape index (κ3) is 3.00. The van der Waals surface area contributed by atoms with Crippen LogP contribution in [0.2, 0.25) is 0 Å².